The third kappa shape index (κ3) is 2.03. The minimum Gasteiger partial charge on any atom is -0.375 e. The Labute approximate surface area is 92.9 Å². The molecule has 0 amide bonds. The van der Waals surface area contributed by atoms with Crippen LogP contribution in [-0.2, 0) is 0 Å². The zero-order valence-electron chi connectivity index (χ0n) is 7.48. The van der Waals surface area contributed by atoms with Crippen molar-refractivity contribution in [2.24, 2.45) is 0 Å². The van der Waals surface area contributed by atoms with Gasteiger partial charge in [-0.15, -0.1) is 0 Å². The van der Waals surface area contributed by atoms with Gasteiger partial charge in [-0.05, 0) is 18.2 Å². The Morgan fingerprint density at radius 2 is 1.93 bits per heavy atom. The Balaban J connectivity index is 2.36. The van der Waals surface area contributed by atoms with Gasteiger partial charge < -0.3 is 5.32 Å². The number of benzene rings is 1. The Morgan fingerprint density at radius 3 is 2.50 bits per heavy atom. The number of halogens is 2. The van der Waals surface area contributed by atoms with Crippen LogP contribution in [0.2, 0.25) is 10.0 Å². The van der Waals surface area contributed by atoms with Gasteiger partial charge in [0.25, 0.3) is 0 Å². The quantitative estimate of drug-likeness (QED) is 0.773. The summed E-state index contributed by atoms with van der Waals surface area (Å²) in [5.74, 6) is 0. The van der Waals surface area contributed by atoms with Gasteiger partial charge in [0, 0.05) is 27.9 Å². The molecule has 0 unspecified atom stereocenters. The first-order valence-corrected chi connectivity index (χ1v) is 5.12. The molecule has 1 aliphatic rings. The van der Waals surface area contributed by atoms with Crippen molar-refractivity contribution in [3.05, 3.63) is 39.5 Å². The van der Waals surface area contributed by atoms with Crippen LogP contribution in [0.4, 0.5) is 0 Å². The van der Waals surface area contributed by atoms with E-state index in [0.29, 0.717) is 10.0 Å². The summed E-state index contributed by atoms with van der Waals surface area (Å²) in [5.41, 5.74) is 1.99. The summed E-state index contributed by atoms with van der Waals surface area (Å²) in [6, 6.07) is 5.51. The van der Waals surface area contributed by atoms with E-state index < -0.39 is 0 Å². The van der Waals surface area contributed by atoms with E-state index in [1.54, 1.807) is 0 Å². The maximum atomic E-state index is 6.03. The Bertz CT molecular complexity index is 346. The van der Waals surface area contributed by atoms with Crippen molar-refractivity contribution in [1.82, 2.24) is 10.6 Å². The largest absolute Gasteiger partial charge is 0.375 e. The van der Waals surface area contributed by atoms with Gasteiger partial charge in [0.1, 0.15) is 0 Å². The van der Waals surface area contributed by atoms with Gasteiger partial charge in [0.05, 0.1) is 6.67 Å². The lowest BCUT2D eigenvalue weighted by Gasteiger charge is -2.03. The van der Waals surface area contributed by atoms with Crippen molar-refractivity contribution in [2.75, 3.05) is 13.2 Å². The first-order valence-electron chi connectivity index (χ1n) is 4.36. The van der Waals surface area contributed by atoms with E-state index in [-0.39, 0.29) is 0 Å². The van der Waals surface area contributed by atoms with Gasteiger partial charge in [-0.25, -0.2) is 0 Å². The molecule has 1 aliphatic heterocycles. The summed E-state index contributed by atoms with van der Waals surface area (Å²) in [4.78, 5) is 0. The SMILES string of the molecule is Clc1cccc(Cl)c1/C=C1/CNCN1. The van der Waals surface area contributed by atoms with E-state index in [4.69, 9.17) is 23.2 Å². The third-order valence-corrected chi connectivity index (χ3v) is 2.73. The van der Waals surface area contributed by atoms with Crippen LogP contribution in [0.3, 0.4) is 0 Å². The van der Waals surface area contributed by atoms with E-state index in [0.717, 1.165) is 24.5 Å². The second-order valence-corrected chi connectivity index (χ2v) is 3.90. The van der Waals surface area contributed by atoms with Gasteiger partial charge >= 0.3 is 0 Å². The molecule has 4 heteroatoms. The third-order valence-electron chi connectivity index (χ3n) is 2.07. The van der Waals surface area contributed by atoms with E-state index in [2.05, 4.69) is 10.6 Å². The fraction of sp³-hybridized carbons (Fsp3) is 0.200. The maximum absolute atomic E-state index is 6.03. The Hall–Kier alpha value is -0.700. The smallest absolute Gasteiger partial charge is 0.0653 e. The van der Waals surface area contributed by atoms with Crippen molar-refractivity contribution in [3.8, 4) is 0 Å². The summed E-state index contributed by atoms with van der Waals surface area (Å²) in [6.07, 6.45) is 1.98. The predicted octanol–water partition coefficient (Wildman–Crippen LogP) is 2.48. The first kappa shape index (κ1) is 9.84. The van der Waals surface area contributed by atoms with Gasteiger partial charge in [-0.3, -0.25) is 5.32 Å². The monoisotopic (exact) mass is 228 g/mol. The molecule has 0 aliphatic carbocycles. The molecule has 0 aromatic heterocycles. The fourth-order valence-electron chi connectivity index (χ4n) is 1.36. The molecule has 2 N–H and O–H groups in total. The summed E-state index contributed by atoms with van der Waals surface area (Å²) in [7, 11) is 0. The van der Waals surface area contributed by atoms with E-state index in [1.807, 2.05) is 24.3 Å². The molecule has 1 heterocycles. The number of rotatable bonds is 1. The van der Waals surface area contributed by atoms with E-state index in [9.17, 15) is 0 Å². The van der Waals surface area contributed by atoms with E-state index >= 15 is 0 Å². The Morgan fingerprint density at radius 1 is 1.21 bits per heavy atom. The minimum absolute atomic E-state index is 0.679. The average Bonchev–Trinajstić information content (AvgIpc) is 2.64. The van der Waals surface area contributed by atoms with Gasteiger partial charge in [-0.1, -0.05) is 29.3 Å². The van der Waals surface area contributed by atoms with Gasteiger partial charge in [-0.2, -0.15) is 0 Å². The maximum Gasteiger partial charge on any atom is 0.0653 e. The average molecular weight is 229 g/mol. The molecule has 1 saturated heterocycles. The fourth-order valence-corrected chi connectivity index (χ4v) is 1.87. The highest BCUT2D eigenvalue weighted by atomic mass is 35.5. The highest BCUT2D eigenvalue weighted by Crippen LogP contribution is 2.26. The molecule has 0 bridgehead atoms. The molecule has 0 atom stereocenters. The van der Waals surface area contributed by atoms with Crippen molar-refractivity contribution in [3.63, 3.8) is 0 Å². The molecule has 0 radical (unpaired) electrons. The highest BCUT2D eigenvalue weighted by Gasteiger charge is 2.07. The van der Waals surface area contributed by atoms with Crippen molar-refractivity contribution < 1.29 is 0 Å². The molecule has 74 valence electrons. The minimum atomic E-state index is 0.679. The molecule has 1 fully saturated rings. The van der Waals surface area contributed by atoms with Crippen molar-refractivity contribution >= 4 is 29.3 Å². The lowest BCUT2D eigenvalue weighted by molar-refractivity contribution is 0.815. The predicted molar refractivity (Wildman–Crippen MR) is 60.4 cm³/mol. The highest BCUT2D eigenvalue weighted by molar-refractivity contribution is 6.37. The van der Waals surface area contributed by atoms with Crippen LogP contribution in [0.5, 0.6) is 0 Å². The standard InChI is InChI=1S/C10H10Cl2N2/c11-9-2-1-3-10(12)8(9)4-7-5-13-6-14-7/h1-4,13-14H,5-6H2/b7-4-. The van der Waals surface area contributed by atoms with Crippen LogP contribution in [0.25, 0.3) is 6.08 Å². The molecular formula is C10H10Cl2N2. The topological polar surface area (TPSA) is 24.1 Å². The summed E-state index contributed by atoms with van der Waals surface area (Å²) in [6.45, 7) is 1.63. The van der Waals surface area contributed by atoms with Gasteiger partial charge in [0.2, 0.25) is 0 Å². The Kier molecular flexibility index (Phi) is 2.96. The molecule has 0 spiro atoms. The molecule has 0 saturated carbocycles. The van der Waals surface area contributed by atoms with Crippen molar-refractivity contribution in [2.45, 2.75) is 0 Å². The number of hydrogen-bond donors (Lipinski definition) is 2. The summed E-state index contributed by atoms with van der Waals surface area (Å²) in [5, 5.41) is 7.72. The van der Waals surface area contributed by atoms with Crippen LogP contribution < -0.4 is 10.6 Å². The second-order valence-electron chi connectivity index (χ2n) is 3.09. The van der Waals surface area contributed by atoms with Crippen LogP contribution in [0.1, 0.15) is 5.56 Å². The van der Waals surface area contributed by atoms with Crippen LogP contribution >= 0.6 is 23.2 Å². The van der Waals surface area contributed by atoms with E-state index in [1.165, 1.54) is 0 Å². The lowest BCUT2D eigenvalue weighted by atomic mass is 10.2. The molecule has 1 aromatic carbocycles. The number of hydrogen-bond acceptors (Lipinski definition) is 2. The van der Waals surface area contributed by atoms with Crippen LogP contribution in [0, 0.1) is 0 Å². The first-order chi connectivity index (χ1) is 6.77. The molecule has 14 heavy (non-hydrogen) atoms. The molecule has 2 nitrogen and oxygen atoms in total. The van der Waals surface area contributed by atoms with Crippen molar-refractivity contribution in [1.29, 1.82) is 0 Å². The zero-order chi connectivity index (χ0) is 9.97. The molecular weight excluding hydrogens is 219 g/mol. The van der Waals surface area contributed by atoms with Crippen LogP contribution in [-0.4, -0.2) is 13.2 Å². The summed E-state index contributed by atoms with van der Waals surface area (Å²) < 4.78 is 0. The summed E-state index contributed by atoms with van der Waals surface area (Å²) >= 11 is 12.1. The molecule has 1 aromatic rings. The lowest BCUT2D eigenvalue weighted by Crippen LogP contribution is -2.10. The zero-order valence-corrected chi connectivity index (χ0v) is 8.99. The second kappa shape index (κ2) is 4.22. The van der Waals surface area contributed by atoms with Gasteiger partial charge in [0.15, 0.2) is 0 Å². The molecule has 2 rings (SSSR count). The normalized spacial score (nSPS) is 18.6. The number of nitrogens with one attached hydrogen (secondary N) is 2. The van der Waals surface area contributed by atoms with Crippen LogP contribution in [0.15, 0.2) is 23.9 Å².